The monoisotopic (exact) mass is 323 g/mol. The molecule has 1 fully saturated rings. The SMILES string of the molecule is Cc1ccccc1-c1ccc(C(=O)N(C)C[C@@H]2CCCCO2)cc1. The smallest absolute Gasteiger partial charge is 0.253 e. The molecule has 3 rings (SSSR count). The maximum Gasteiger partial charge on any atom is 0.253 e. The Labute approximate surface area is 144 Å². The molecule has 0 saturated carbocycles. The second-order valence-corrected chi connectivity index (χ2v) is 6.57. The van der Waals surface area contributed by atoms with Crippen LogP contribution in [-0.4, -0.2) is 37.1 Å². The van der Waals surface area contributed by atoms with E-state index in [0.717, 1.165) is 30.6 Å². The number of rotatable bonds is 4. The van der Waals surface area contributed by atoms with Crippen molar-refractivity contribution in [1.29, 1.82) is 0 Å². The van der Waals surface area contributed by atoms with Crippen LogP contribution in [0.25, 0.3) is 11.1 Å². The van der Waals surface area contributed by atoms with Gasteiger partial charge in [-0.25, -0.2) is 0 Å². The Kier molecular flexibility index (Phi) is 5.31. The Morgan fingerprint density at radius 2 is 1.88 bits per heavy atom. The van der Waals surface area contributed by atoms with Crippen LogP contribution in [-0.2, 0) is 4.74 Å². The van der Waals surface area contributed by atoms with Gasteiger partial charge in [-0.05, 0) is 55.0 Å². The van der Waals surface area contributed by atoms with E-state index in [2.05, 4.69) is 19.1 Å². The number of benzene rings is 2. The Hall–Kier alpha value is -2.13. The first-order chi connectivity index (χ1) is 11.6. The molecular weight excluding hydrogens is 298 g/mol. The van der Waals surface area contributed by atoms with Crippen molar-refractivity contribution in [2.45, 2.75) is 32.3 Å². The third-order valence-electron chi connectivity index (χ3n) is 4.69. The number of ether oxygens (including phenoxy) is 1. The van der Waals surface area contributed by atoms with Crippen molar-refractivity contribution in [3.8, 4) is 11.1 Å². The van der Waals surface area contributed by atoms with Gasteiger partial charge in [0.25, 0.3) is 5.91 Å². The number of nitrogens with zero attached hydrogens (tertiary/aromatic N) is 1. The summed E-state index contributed by atoms with van der Waals surface area (Å²) in [5.41, 5.74) is 4.32. The van der Waals surface area contributed by atoms with E-state index in [0.29, 0.717) is 6.54 Å². The van der Waals surface area contributed by atoms with Crippen molar-refractivity contribution in [2.24, 2.45) is 0 Å². The fraction of sp³-hybridized carbons (Fsp3) is 0.381. The summed E-state index contributed by atoms with van der Waals surface area (Å²) < 4.78 is 5.73. The Balaban J connectivity index is 1.68. The normalized spacial score (nSPS) is 17.5. The van der Waals surface area contributed by atoms with Gasteiger partial charge in [0.15, 0.2) is 0 Å². The summed E-state index contributed by atoms with van der Waals surface area (Å²) in [5.74, 6) is 0.0560. The molecule has 1 amide bonds. The van der Waals surface area contributed by atoms with Gasteiger partial charge in [-0.1, -0.05) is 36.4 Å². The molecular formula is C21H25NO2. The van der Waals surface area contributed by atoms with E-state index in [1.165, 1.54) is 17.5 Å². The molecule has 0 spiro atoms. The molecule has 2 aromatic rings. The summed E-state index contributed by atoms with van der Waals surface area (Å²) in [7, 11) is 1.86. The first-order valence-electron chi connectivity index (χ1n) is 8.68. The highest BCUT2D eigenvalue weighted by Gasteiger charge is 2.19. The van der Waals surface area contributed by atoms with Crippen LogP contribution in [0.15, 0.2) is 48.5 Å². The van der Waals surface area contributed by atoms with Gasteiger partial charge in [0.05, 0.1) is 6.10 Å². The summed E-state index contributed by atoms with van der Waals surface area (Å²) >= 11 is 0. The summed E-state index contributed by atoms with van der Waals surface area (Å²) in [6, 6.07) is 16.2. The van der Waals surface area contributed by atoms with Crippen LogP contribution >= 0.6 is 0 Å². The minimum atomic E-state index is 0.0560. The Morgan fingerprint density at radius 3 is 2.54 bits per heavy atom. The number of likely N-dealkylation sites (N-methyl/N-ethyl adjacent to an activating group) is 1. The highest BCUT2D eigenvalue weighted by Crippen LogP contribution is 2.23. The van der Waals surface area contributed by atoms with Gasteiger partial charge in [0.2, 0.25) is 0 Å². The second kappa shape index (κ2) is 7.63. The van der Waals surface area contributed by atoms with E-state index in [-0.39, 0.29) is 12.0 Å². The van der Waals surface area contributed by atoms with Gasteiger partial charge in [-0.15, -0.1) is 0 Å². The van der Waals surface area contributed by atoms with E-state index in [1.807, 2.05) is 43.4 Å². The fourth-order valence-corrected chi connectivity index (χ4v) is 3.25. The van der Waals surface area contributed by atoms with Crippen LogP contribution in [0, 0.1) is 6.92 Å². The zero-order valence-corrected chi connectivity index (χ0v) is 14.5. The van der Waals surface area contributed by atoms with Crippen molar-refractivity contribution >= 4 is 5.91 Å². The molecule has 3 heteroatoms. The van der Waals surface area contributed by atoms with Crippen molar-refractivity contribution in [1.82, 2.24) is 4.90 Å². The molecule has 1 aliphatic rings. The summed E-state index contributed by atoms with van der Waals surface area (Å²) in [6.45, 7) is 3.59. The topological polar surface area (TPSA) is 29.5 Å². The molecule has 1 aliphatic heterocycles. The van der Waals surface area contributed by atoms with Crippen molar-refractivity contribution < 1.29 is 9.53 Å². The zero-order chi connectivity index (χ0) is 16.9. The first-order valence-corrected chi connectivity index (χ1v) is 8.68. The van der Waals surface area contributed by atoms with Gasteiger partial charge < -0.3 is 9.64 Å². The molecule has 0 radical (unpaired) electrons. The lowest BCUT2D eigenvalue weighted by Crippen LogP contribution is -2.37. The van der Waals surface area contributed by atoms with E-state index in [9.17, 15) is 4.79 Å². The predicted octanol–water partition coefficient (Wildman–Crippen LogP) is 4.30. The molecule has 0 bridgehead atoms. The summed E-state index contributed by atoms with van der Waals surface area (Å²) in [5, 5.41) is 0. The Bertz CT molecular complexity index is 687. The van der Waals surface area contributed by atoms with E-state index in [1.54, 1.807) is 4.90 Å². The number of aryl methyl sites for hydroxylation is 1. The second-order valence-electron chi connectivity index (χ2n) is 6.57. The highest BCUT2D eigenvalue weighted by atomic mass is 16.5. The molecule has 1 atom stereocenters. The predicted molar refractivity (Wildman–Crippen MR) is 97.2 cm³/mol. The molecule has 3 nitrogen and oxygen atoms in total. The maximum atomic E-state index is 12.6. The van der Waals surface area contributed by atoms with Gasteiger partial charge in [-0.2, -0.15) is 0 Å². The molecule has 0 aliphatic carbocycles. The van der Waals surface area contributed by atoms with Crippen molar-refractivity contribution in [3.63, 3.8) is 0 Å². The lowest BCUT2D eigenvalue weighted by molar-refractivity contribution is -0.000186. The summed E-state index contributed by atoms with van der Waals surface area (Å²) in [4.78, 5) is 14.4. The standard InChI is InChI=1S/C21H25NO2/c1-16-7-3-4-9-20(16)17-10-12-18(13-11-17)21(23)22(2)15-19-8-5-6-14-24-19/h3-4,7,9-13,19H,5-6,8,14-15H2,1-2H3/t19-/m0/s1. The average Bonchev–Trinajstić information content (AvgIpc) is 2.62. The molecule has 2 aromatic carbocycles. The largest absolute Gasteiger partial charge is 0.376 e. The van der Waals surface area contributed by atoms with Crippen molar-refractivity contribution in [2.75, 3.05) is 20.2 Å². The van der Waals surface area contributed by atoms with Gasteiger partial charge in [0.1, 0.15) is 0 Å². The third kappa shape index (κ3) is 3.85. The van der Waals surface area contributed by atoms with E-state index in [4.69, 9.17) is 4.74 Å². The van der Waals surface area contributed by atoms with Crippen LogP contribution in [0.4, 0.5) is 0 Å². The molecule has 0 N–H and O–H groups in total. The van der Waals surface area contributed by atoms with Crippen LogP contribution < -0.4 is 0 Å². The number of hydrogen-bond acceptors (Lipinski definition) is 2. The lowest BCUT2D eigenvalue weighted by atomic mass is 9.99. The molecule has 126 valence electrons. The molecule has 1 saturated heterocycles. The van der Waals surface area contributed by atoms with E-state index >= 15 is 0 Å². The molecule has 0 aromatic heterocycles. The Morgan fingerprint density at radius 1 is 1.12 bits per heavy atom. The highest BCUT2D eigenvalue weighted by molar-refractivity contribution is 5.94. The first kappa shape index (κ1) is 16.7. The van der Waals surface area contributed by atoms with Crippen molar-refractivity contribution in [3.05, 3.63) is 59.7 Å². The minimum absolute atomic E-state index is 0.0560. The lowest BCUT2D eigenvalue weighted by Gasteiger charge is -2.27. The quantitative estimate of drug-likeness (QED) is 0.839. The zero-order valence-electron chi connectivity index (χ0n) is 14.5. The van der Waals surface area contributed by atoms with Gasteiger partial charge in [0, 0.05) is 25.8 Å². The van der Waals surface area contributed by atoms with Crippen LogP contribution in [0.2, 0.25) is 0 Å². The van der Waals surface area contributed by atoms with Crippen LogP contribution in [0.1, 0.15) is 35.2 Å². The molecule has 0 unspecified atom stereocenters. The van der Waals surface area contributed by atoms with Gasteiger partial charge >= 0.3 is 0 Å². The molecule has 1 heterocycles. The number of amides is 1. The average molecular weight is 323 g/mol. The summed E-state index contributed by atoms with van der Waals surface area (Å²) in [6.07, 6.45) is 3.55. The minimum Gasteiger partial charge on any atom is -0.376 e. The molecule has 24 heavy (non-hydrogen) atoms. The van der Waals surface area contributed by atoms with Gasteiger partial charge in [-0.3, -0.25) is 4.79 Å². The third-order valence-corrected chi connectivity index (χ3v) is 4.69. The van der Waals surface area contributed by atoms with Crippen LogP contribution in [0.5, 0.6) is 0 Å². The number of carbonyl (C=O) groups is 1. The number of hydrogen-bond donors (Lipinski definition) is 0. The van der Waals surface area contributed by atoms with E-state index < -0.39 is 0 Å². The van der Waals surface area contributed by atoms with Crippen LogP contribution in [0.3, 0.4) is 0 Å². The number of carbonyl (C=O) groups excluding carboxylic acids is 1. The fourth-order valence-electron chi connectivity index (χ4n) is 3.25. The maximum absolute atomic E-state index is 12.6.